The maximum atomic E-state index is 12.3. The predicted molar refractivity (Wildman–Crippen MR) is 66.1 cm³/mol. The summed E-state index contributed by atoms with van der Waals surface area (Å²) >= 11 is 0. The molecule has 1 rings (SSSR count). The highest BCUT2D eigenvalue weighted by Crippen LogP contribution is 2.29. The van der Waals surface area contributed by atoms with Gasteiger partial charge in [-0.05, 0) is 38.1 Å². The summed E-state index contributed by atoms with van der Waals surface area (Å²) in [5.41, 5.74) is -0.822. The fraction of sp³-hybridized carbons (Fsp3) is 0.231. The number of carbonyl (C=O) groups excluding carboxylic acids is 1. The second-order valence-corrected chi connectivity index (χ2v) is 4.08. The third-order valence-electron chi connectivity index (χ3n) is 2.69. The van der Waals surface area contributed by atoms with Crippen LogP contribution in [0.2, 0.25) is 0 Å². The molecule has 0 fully saturated rings. The van der Waals surface area contributed by atoms with Crippen LogP contribution in [0.1, 0.15) is 19.4 Å². The maximum absolute atomic E-state index is 12.3. The minimum absolute atomic E-state index is 0.0163. The first-order valence-electron chi connectivity index (χ1n) is 5.52. The molecule has 0 unspecified atom stereocenters. The maximum Gasteiger partial charge on any atom is 0.416 e. The molecule has 0 heterocycles. The molecule has 0 aliphatic rings. The van der Waals surface area contributed by atoms with Crippen molar-refractivity contribution in [1.29, 1.82) is 0 Å². The molecule has 1 aromatic rings. The minimum atomic E-state index is -4.45. The van der Waals surface area contributed by atoms with Crippen LogP contribution in [0.15, 0.2) is 35.4 Å². The molecule has 4 nitrogen and oxygen atoms in total. The summed E-state index contributed by atoms with van der Waals surface area (Å²) in [6.07, 6.45) is -4.45. The van der Waals surface area contributed by atoms with Gasteiger partial charge >= 0.3 is 12.1 Å². The minimum Gasteiger partial charge on any atom is -0.478 e. The molecule has 0 aromatic heterocycles. The Balaban J connectivity index is 2.88. The average Bonchev–Trinajstić information content (AvgIpc) is 2.36. The molecular formula is C13H12F3NO3. The molecule has 0 aliphatic heterocycles. The number of hydrogen-bond acceptors (Lipinski definition) is 2. The Labute approximate surface area is 112 Å². The topological polar surface area (TPSA) is 66.4 Å². The van der Waals surface area contributed by atoms with Crippen molar-refractivity contribution in [3.63, 3.8) is 0 Å². The van der Waals surface area contributed by atoms with Crippen LogP contribution in [0.3, 0.4) is 0 Å². The summed E-state index contributed by atoms with van der Waals surface area (Å²) in [6, 6.07) is 3.87. The number of carboxylic acids is 1. The molecule has 0 saturated heterocycles. The fourth-order valence-electron chi connectivity index (χ4n) is 1.30. The number of nitrogens with one attached hydrogen (secondary N) is 1. The number of hydrogen-bond donors (Lipinski definition) is 2. The van der Waals surface area contributed by atoms with Gasteiger partial charge in [0.1, 0.15) is 0 Å². The lowest BCUT2D eigenvalue weighted by molar-refractivity contribution is -0.137. The van der Waals surface area contributed by atoms with Gasteiger partial charge in [-0.25, -0.2) is 4.79 Å². The molecule has 0 spiro atoms. The van der Waals surface area contributed by atoms with Crippen LogP contribution in [-0.4, -0.2) is 17.0 Å². The summed E-state index contributed by atoms with van der Waals surface area (Å²) in [4.78, 5) is 22.4. The summed E-state index contributed by atoms with van der Waals surface area (Å²) in [6.45, 7) is 2.59. The monoisotopic (exact) mass is 287 g/mol. The van der Waals surface area contributed by atoms with Crippen molar-refractivity contribution in [3.8, 4) is 0 Å². The van der Waals surface area contributed by atoms with Crippen LogP contribution in [-0.2, 0) is 15.8 Å². The Hall–Kier alpha value is -2.31. The number of benzene rings is 1. The molecule has 1 amide bonds. The molecule has 0 aliphatic carbocycles. The number of amides is 1. The SMILES string of the molecule is C/C(C(=O)O)=C(\C)C(=O)Nc1ccc(C(F)(F)F)cc1. The predicted octanol–water partition coefficient (Wildman–Crippen LogP) is 3.06. The second-order valence-electron chi connectivity index (χ2n) is 4.08. The molecular weight excluding hydrogens is 275 g/mol. The van der Waals surface area contributed by atoms with Crippen LogP contribution < -0.4 is 5.32 Å². The van der Waals surface area contributed by atoms with Gasteiger partial charge in [-0.3, -0.25) is 4.79 Å². The van der Waals surface area contributed by atoms with E-state index in [2.05, 4.69) is 5.32 Å². The van der Waals surface area contributed by atoms with Crippen LogP contribution in [0.5, 0.6) is 0 Å². The Morgan fingerprint density at radius 1 is 1.05 bits per heavy atom. The molecule has 108 valence electrons. The highest BCUT2D eigenvalue weighted by molar-refractivity contribution is 6.08. The van der Waals surface area contributed by atoms with Crippen molar-refractivity contribution in [2.75, 3.05) is 5.32 Å². The van der Waals surface area contributed by atoms with Crippen molar-refractivity contribution in [2.24, 2.45) is 0 Å². The first kappa shape index (κ1) is 15.7. The third kappa shape index (κ3) is 3.84. The van der Waals surface area contributed by atoms with E-state index in [1.807, 2.05) is 0 Å². The summed E-state index contributed by atoms with van der Waals surface area (Å²) in [5.74, 6) is -1.91. The Morgan fingerprint density at radius 2 is 1.55 bits per heavy atom. The van der Waals surface area contributed by atoms with Gasteiger partial charge in [0.2, 0.25) is 0 Å². The standard InChI is InChI=1S/C13H12F3NO3/c1-7(8(2)12(19)20)11(18)17-10-5-3-9(4-6-10)13(14,15)16/h3-6H,1-2H3,(H,17,18)(H,19,20)/b8-7-. The lowest BCUT2D eigenvalue weighted by Crippen LogP contribution is -2.16. The average molecular weight is 287 g/mol. The number of carboxylic acid groups (broad SMARTS) is 1. The van der Waals surface area contributed by atoms with Crippen molar-refractivity contribution >= 4 is 17.6 Å². The number of carbonyl (C=O) groups is 2. The second kappa shape index (κ2) is 5.77. The van der Waals surface area contributed by atoms with E-state index >= 15 is 0 Å². The van der Waals surface area contributed by atoms with Crippen LogP contribution >= 0.6 is 0 Å². The lowest BCUT2D eigenvalue weighted by atomic mass is 10.1. The zero-order chi connectivity index (χ0) is 15.5. The number of halogens is 3. The van der Waals surface area contributed by atoms with E-state index in [9.17, 15) is 22.8 Å². The lowest BCUT2D eigenvalue weighted by Gasteiger charge is -2.09. The van der Waals surface area contributed by atoms with Crippen LogP contribution in [0, 0.1) is 0 Å². The molecule has 1 aromatic carbocycles. The normalized spacial score (nSPS) is 12.7. The molecule has 20 heavy (non-hydrogen) atoms. The highest BCUT2D eigenvalue weighted by atomic mass is 19.4. The van der Waals surface area contributed by atoms with E-state index in [0.717, 1.165) is 24.3 Å². The van der Waals surface area contributed by atoms with Gasteiger partial charge in [0.05, 0.1) is 5.56 Å². The van der Waals surface area contributed by atoms with E-state index in [1.54, 1.807) is 0 Å². The van der Waals surface area contributed by atoms with E-state index in [1.165, 1.54) is 13.8 Å². The van der Waals surface area contributed by atoms with Gasteiger partial charge in [0.25, 0.3) is 5.91 Å². The molecule has 0 radical (unpaired) electrons. The fourth-order valence-corrected chi connectivity index (χ4v) is 1.30. The van der Waals surface area contributed by atoms with Crippen LogP contribution in [0.25, 0.3) is 0 Å². The van der Waals surface area contributed by atoms with E-state index in [4.69, 9.17) is 5.11 Å². The van der Waals surface area contributed by atoms with E-state index in [0.29, 0.717) is 0 Å². The zero-order valence-electron chi connectivity index (χ0n) is 10.7. The molecule has 7 heteroatoms. The number of anilines is 1. The molecule has 0 atom stereocenters. The van der Waals surface area contributed by atoms with Gasteiger partial charge in [0, 0.05) is 16.8 Å². The van der Waals surface area contributed by atoms with E-state index in [-0.39, 0.29) is 16.8 Å². The molecule has 0 bridgehead atoms. The highest BCUT2D eigenvalue weighted by Gasteiger charge is 2.30. The van der Waals surface area contributed by atoms with Gasteiger partial charge < -0.3 is 10.4 Å². The Kier molecular flexibility index (Phi) is 4.54. The van der Waals surface area contributed by atoms with E-state index < -0.39 is 23.6 Å². The van der Waals surface area contributed by atoms with Crippen molar-refractivity contribution < 1.29 is 27.9 Å². The first-order chi connectivity index (χ1) is 9.12. The molecule has 2 N–H and O–H groups in total. The summed E-state index contributed by atoms with van der Waals surface area (Å²) < 4.78 is 37.0. The van der Waals surface area contributed by atoms with Gasteiger partial charge in [-0.15, -0.1) is 0 Å². The molecule has 0 saturated carbocycles. The summed E-state index contributed by atoms with van der Waals surface area (Å²) in [5, 5.41) is 11.1. The quantitative estimate of drug-likeness (QED) is 0.840. The third-order valence-corrected chi connectivity index (χ3v) is 2.69. The van der Waals surface area contributed by atoms with Crippen LogP contribution in [0.4, 0.5) is 18.9 Å². The Bertz CT molecular complexity index is 559. The first-order valence-corrected chi connectivity index (χ1v) is 5.52. The van der Waals surface area contributed by atoms with Gasteiger partial charge in [-0.1, -0.05) is 0 Å². The van der Waals surface area contributed by atoms with Crippen molar-refractivity contribution in [1.82, 2.24) is 0 Å². The zero-order valence-corrected chi connectivity index (χ0v) is 10.7. The number of alkyl halides is 3. The van der Waals surface area contributed by atoms with Gasteiger partial charge in [-0.2, -0.15) is 13.2 Å². The number of rotatable bonds is 3. The largest absolute Gasteiger partial charge is 0.478 e. The van der Waals surface area contributed by atoms with Gasteiger partial charge in [0.15, 0.2) is 0 Å². The van der Waals surface area contributed by atoms with Crippen molar-refractivity contribution in [3.05, 3.63) is 41.0 Å². The Morgan fingerprint density at radius 3 is 1.95 bits per heavy atom. The number of aliphatic carboxylic acids is 1. The summed E-state index contributed by atoms with van der Waals surface area (Å²) in [7, 11) is 0. The van der Waals surface area contributed by atoms with Crippen molar-refractivity contribution in [2.45, 2.75) is 20.0 Å². The smallest absolute Gasteiger partial charge is 0.416 e.